The molecule has 0 spiro atoms. The zero-order valence-corrected chi connectivity index (χ0v) is 14.6. The summed E-state index contributed by atoms with van der Waals surface area (Å²) in [5.74, 6) is 0.234. The van der Waals surface area contributed by atoms with Gasteiger partial charge >= 0.3 is 0 Å². The van der Waals surface area contributed by atoms with E-state index in [0.29, 0.717) is 18.2 Å². The van der Waals surface area contributed by atoms with E-state index < -0.39 is 0 Å². The molecule has 2 aliphatic heterocycles. The SMILES string of the molecule is CCC(OC1CCCCC1)C(=O)N1CCC2CCC(C1)N2.Cl. The minimum absolute atomic E-state index is 0. The van der Waals surface area contributed by atoms with Crippen molar-refractivity contribution >= 4 is 18.3 Å². The Morgan fingerprint density at radius 1 is 1.14 bits per heavy atom. The summed E-state index contributed by atoms with van der Waals surface area (Å²) in [5, 5.41) is 3.64. The Bertz CT molecular complexity index is 361. The van der Waals surface area contributed by atoms with Crippen molar-refractivity contribution in [1.29, 1.82) is 0 Å². The van der Waals surface area contributed by atoms with E-state index in [1.807, 2.05) is 0 Å². The molecular weight excluding hydrogens is 300 g/mol. The maximum Gasteiger partial charge on any atom is 0.251 e. The predicted octanol–water partition coefficient (Wildman–Crippen LogP) is 2.89. The van der Waals surface area contributed by atoms with Gasteiger partial charge in [-0.15, -0.1) is 12.4 Å². The first-order valence-corrected chi connectivity index (χ1v) is 8.96. The fourth-order valence-electron chi connectivity index (χ4n) is 4.11. The van der Waals surface area contributed by atoms with Crippen LogP contribution in [0.4, 0.5) is 0 Å². The Morgan fingerprint density at radius 2 is 1.86 bits per heavy atom. The van der Waals surface area contributed by atoms with E-state index in [1.54, 1.807) is 0 Å². The number of carbonyl (C=O) groups is 1. The second-order valence-electron chi connectivity index (χ2n) is 7.00. The van der Waals surface area contributed by atoms with Gasteiger partial charge in [0.1, 0.15) is 6.10 Å². The lowest BCUT2D eigenvalue weighted by molar-refractivity contribution is -0.149. The number of rotatable bonds is 4. The molecule has 1 N–H and O–H groups in total. The van der Waals surface area contributed by atoms with Crippen molar-refractivity contribution in [2.45, 2.75) is 89.0 Å². The van der Waals surface area contributed by atoms with Crippen LogP contribution in [0.2, 0.25) is 0 Å². The molecule has 2 bridgehead atoms. The Balaban J connectivity index is 0.00000176. The lowest BCUT2D eigenvalue weighted by Gasteiger charge is -2.31. The summed E-state index contributed by atoms with van der Waals surface area (Å²) in [4.78, 5) is 14.9. The number of halogens is 1. The van der Waals surface area contributed by atoms with Gasteiger partial charge in [-0.1, -0.05) is 26.2 Å². The molecule has 1 amide bonds. The van der Waals surface area contributed by atoms with Crippen molar-refractivity contribution in [3.05, 3.63) is 0 Å². The monoisotopic (exact) mass is 330 g/mol. The number of likely N-dealkylation sites (tertiary alicyclic amines) is 1. The summed E-state index contributed by atoms with van der Waals surface area (Å²) in [6.07, 6.45) is 10.6. The van der Waals surface area contributed by atoms with Gasteiger partial charge in [-0.3, -0.25) is 4.79 Å². The van der Waals surface area contributed by atoms with Crippen molar-refractivity contribution in [3.63, 3.8) is 0 Å². The highest BCUT2D eigenvalue weighted by Gasteiger charge is 2.34. The van der Waals surface area contributed by atoms with Gasteiger partial charge in [0.15, 0.2) is 0 Å². The molecule has 2 saturated heterocycles. The number of nitrogens with one attached hydrogen (secondary N) is 1. The van der Waals surface area contributed by atoms with E-state index in [1.165, 1.54) is 32.1 Å². The van der Waals surface area contributed by atoms with Crippen LogP contribution in [0.15, 0.2) is 0 Å². The Labute approximate surface area is 140 Å². The van der Waals surface area contributed by atoms with E-state index in [-0.39, 0.29) is 24.4 Å². The minimum Gasteiger partial charge on any atom is -0.365 e. The molecule has 1 aliphatic carbocycles. The maximum atomic E-state index is 12.8. The minimum atomic E-state index is -0.218. The highest BCUT2D eigenvalue weighted by atomic mass is 35.5. The predicted molar refractivity (Wildman–Crippen MR) is 90.4 cm³/mol. The average molecular weight is 331 g/mol. The van der Waals surface area contributed by atoms with Crippen LogP contribution in [0, 0.1) is 0 Å². The Hall–Kier alpha value is -0.320. The molecule has 3 rings (SSSR count). The molecule has 22 heavy (non-hydrogen) atoms. The van der Waals surface area contributed by atoms with Crippen LogP contribution in [0.5, 0.6) is 0 Å². The smallest absolute Gasteiger partial charge is 0.251 e. The van der Waals surface area contributed by atoms with E-state index in [0.717, 1.165) is 38.8 Å². The fourth-order valence-corrected chi connectivity index (χ4v) is 4.11. The molecule has 0 aromatic heterocycles. The van der Waals surface area contributed by atoms with Crippen LogP contribution >= 0.6 is 12.4 Å². The van der Waals surface area contributed by atoms with Crippen LogP contribution in [-0.2, 0) is 9.53 Å². The zero-order valence-electron chi connectivity index (χ0n) is 13.8. The maximum absolute atomic E-state index is 12.8. The van der Waals surface area contributed by atoms with Gasteiger partial charge in [0.25, 0.3) is 5.91 Å². The standard InChI is InChI=1S/C17H30N2O2.ClH/c1-2-16(21-15-6-4-3-5-7-15)17(20)19-11-10-13-8-9-14(12-19)18-13;/h13-16,18H,2-12H2,1H3;1H. The summed E-state index contributed by atoms with van der Waals surface area (Å²) in [7, 11) is 0. The topological polar surface area (TPSA) is 41.6 Å². The lowest BCUT2D eigenvalue weighted by Crippen LogP contribution is -2.45. The summed E-state index contributed by atoms with van der Waals surface area (Å²) >= 11 is 0. The first-order chi connectivity index (χ1) is 10.3. The van der Waals surface area contributed by atoms with Crippen LogP contribution in [0.3, 0.4) is 0 Å². The van der Waals surface area contributed by atoms with Gasteiger partial charge in [0.2, 0.25) is 0 Å². The molecular formula is C17H31ClN2O2. The summed E-state index contributed by atoms with van der Waals surface area (Å²) < 4.78 is 6.16. The molecule has 128 valence electrons. The highest BCUT2D eigenvalue weighted by Crippen LogP contribution is 2.24. The quantitative estimate of drug-likeness (QED) is 0.861. The average Bonchev–Trinajstić information content (AvgIpc) is 2.84. The van der Waals surface area contributed by atoms with Crippen molar-refractivity contribution in [1.82, 2.24) is 10.2 Å². The molecule has 4 nitrogen and oxygen atoms in total. The summed E-state index contributed by atoms with van der Waals surface area (Å²) in [5.41, 5.74) is 0. The van der Waals surface area contributed by atoms with Gasteiger partial charge in [-0.05, 0) is 38.5 Å². The third-order valence-corrected chi connectivity index (χ3v) is 5.39. The number of hydrogen-bond acceptors (Lipinski definition) is 3. The summed E-state index contributed by atoms with van der Waals surface area (Å²) in [6.45, 7) is 3.85. The Kier molecular flexibility index (Phi) is 6.97. The van der Waals surface area contributed by atoms with Gasteiger partial charge in [-0.2, -0.15) is 0 Å². The van der Waals surface area contributed by atoms with Crippen LogP contribution < -0.4 is 5.32 Å². The number of amides is 1. The van der Waals surface area contributed by atoms with E-state index in [9.17, 15) is 4.79 Å². The largest absolute Gasteiger partial charge is 0.365 e. The molecule has 3 aliphatic rings. The molecule has 1 saturated carbocycles. The van der Waals surface area contributed by atoms with Crippen molar-refractivity contribution in [3.8, 4) is 0 Å². The van der Waals surface area contributed by atoms with Crippen molar-refractivity contribution < 1.29 is 9.53 Å². The highest BCUT2D eigenvalue weighted by molar-refractivity contribution is 5.85. The number of carbonyl (C=O) groups excluding carboxylic acids is 1. The third-order valence-electron chi connectivity index (χ3n) is 5.39. The molecule has 0 aromatic carbocycles. The number of fused-ring (bicyclic) bond motifs is 2. The van der Waals surface area contributed by atoms with Crippen LogP contribution in [0.1, 0.15) is 64.7 Å². The fraction of sp³-hybridized carbons (Fsp3) is 0.941. The number of ether oxygens (including phenoxy) is 1. The van der Waals surface area contributed by atoms with Crippen LogP contribution in [-0.4, -0.2) is 48.2 Å². The molecule has 3 unspecified atom stereocenters. The molecule has 3 fully saturated rings. The van der Waals surface area contributed by atoms with Gasteiger partial charge in [-0.25, -0.2) is 0 Å². The number of hydrogen-bond donors (Lipinski definition) is 1. The van der Waals surface area contributed by atoms with Gasteiger partial charge < -0.3 is 15.0 Å². The van der Waals surface area contributed by atoms with Gasteiger partial charge in [0.05, 0.1) is 6.10 Å². The number of nitrogens with zero attached hydrogens (tertiary/aromatic N) is 1. The van der Waals surface area contributed by atoms with E-state index in [4.69, 9.17) is 4.74 Å². The first kappa shape index (κ1) is 18.0. The van der Waals surface area contributed by atoms with Crippen LogP contribution in [0.25, 0.3) is 0 Å². The first-order valence-electron chi connectivity index (χ1n) is 8.96. The Morgan fingerprint density at radius 3 is 2.59 bits per heavy atom. The van der Waals surface area contributed by atoms with Crippen molar-refractivity contribution in [2.24, 2.45) is 0 Å². The molecule has 2 heterocycles. The molecule has 3 atom stereocenters. The normalized spacial score (nSPS) is 30.5. The van der Waals surface area contributed by atoms with E-state index >= 15 is 0 Å². The van der Waals surface area contributed by atoms with Gasteiger partial charge in [0, 0.05) is 25.2 Å². The van der Waals surface area contributed by atoms with E-state index in [2.05, 4.69) is 17.1 Å². The lowest BCUT2D eigenvalue weighted by atomic mass is 9.97. The molecule has 0 radical (unpaired) electrons. The zero-order chi connectivity index (χ0) is 14.7. The third kappa shape index (κ3) is 4.36. The molecule has 0 aromatic rings. The second-order valence-corrected chi connectivity index (χ2v) is 7.00. The second kappa shape index (κ2) is 8.51. The molecule has 5 heteroatoms. The van der Waals surface area contributed by atoms with Crippen molar-refractivity contribution in [2.75, 3.05) is 13.1 Å². The summed E-state index contributed by atoms with van der Waals surface area (Å²) in [6, 6.07) is 1.14.